The standard InChI is InChI=1S/C14H15Cl2N5/c15-9-5-6-12(11(16)7-9)19-13-8-17-21-14(20-13)18-10-3-1-2-4-10/h5-8,10H,1-4H2,(H2,18,19,20,21). The maximum Gasteiger partial charge on any atom is 0.244 e. The zero-order valence-corrected chi connectivity index (χ0v) is 12.8. The van der Waals surface area contributed by atoms with Gasteiger partial charge in [0, 0.05) is 11.1 Å². The third-order valence-corrected chi connectivity index (χ3v) is 3.99. The largest absolute Gasteiger partial charge is 0.350 e. The van der Waals surface area contributed by atoms with Crippen molar-refractivity contribution in [2.45, 2.75) is 31.7 Å². The molecule has 1 aromatic heterocycles. The molecular formula is C14H15Cl2N5. The molecule has 1 heterocycles. The van der Waals surface area contributed by atoms with Gasteiger partial charge in [0.2, 0.25) is 5.95 Å². The molecule has 0 amide bonds. The van der Waals surface area contributed by atoms with Gasteiger partial charge in [-0.25, -0.2) is 0 Å². The van der Waals surface area contributed by atoms with Gasteiger partial charge in [-0.05, 0) is 31.0 Å². The van der Waals surface area contributed by atoms with Gasteiger partial charge in [0.1, 0.15) is 0 Å². The first-order chi connectivity index (χ1) is 10.2. The number of nitrogens with one attached hydrogen (secondary N) is 2. The second-order valence-corrected chi connectivity index (χ2v) is 5.88. The number of anilines is 3. The average molecular weight is 324 g/mol. The van der Waals surface area contributed by atoms with E-state index < -0.39 is 0 Å². The predicted molar refractivity (Wildman–Crippen MR) is 85.5 cm³/mol. The van der Waals surface area contributed by atoms with Gasteiger partial charge in [0.25, 0.3) is 0 Å². The second-order valence-electron chi connectivity index (χ2n) is 5.04. The molecule has 7 heteroatoms. The summed E-state index contributed by atoms with van der Waals surface area (Å²) in [5, 5.41) is 15.5. The van der Waals surface area contributed by atoms with E-state index in [1.165, 1.54) is 12.8 Å². The lowest BCUT2D eigenvalue weighted by Crippen LogP contribution is -2.17. The van der Waals surface area contributed by atoms with E-state index in [0.717, 1.165) is 18.5 Å². The molecule has 21 heavy (non-hydrogen) atoms. The fraction of sp³-hybridized carbons (Fsp3) is 0.357. The Bertz CT molecular complexity index is 629. The summed E-state index contributed by atoms with van der Waals surface area (Å²) in [5.41, 5.74) is 0.730. The topological polar surface area (TPSA) is 62.7 Å². The molecular weight excluding hydrogens is 309 g/mol. The number of aromatic nitrogens is 3. The van der Waals surface area contributed by atoms with Crippen LogP contribution in [0.2, 0.25) is 10.0 Å². The fourth-order valence-electron chi connectivity index (χ4n) is 2.41. The molecule has 1 aromatic carbocycles. The van der Waals surface area contributed by atoms with Crippen molar-refractivity contribution in [1.29, 1.82) is 0 Å². The maximum absolute atomic E-state index is 6.13. The van der Waals surface area contributed by atoms with Gasteiger partial charge in [-0.15, -0.1) is 5.10 Å². The Hall–Kier alpha value is -1.59. The molecule has 1 saturated carbocycles. The van der Waals surface area contributed by atoms with E-state index in [-0.39, 0.29) is 0 Å². The monoisotopic (exact) mass is 323 g/mol. The molecule has 1 aliphatic rings. The number of rotatable bonds is 4. The summed E-state index contributed by atoms with van der Waals surface area (Å²) < 4.78 is 0. The van der Waals surface area contributed by atoms with Gasteiger partial charge in [-0.2, -0.15) is 10.1 Å². The van der Waals surface area contributed by atoms with Crippen molar-refractivity contribution in [2.24, 2.45) is 0 Å². The van der Waals surface area contributed by atoms with E-state index in [0.29, 0.717) is 27.9 Å². The molecule has 0 aliphatic heterocycles. The first-order valence-electron chi connectivity index (χ1n) is 6.89. The SMILES string of the molecule is Clc1ccc(Nc2cnnc(NC3CCCC3)n2)c(Cl)c1. The number of hydrogen-bond donors (Lipinski definition) is 2. The van der Waals surface area contributed by atoms with Crippen LogP contribution in [-0.4, -0.2) is 21.2 Å². The number of hydrogen-bond acceptors (Lipinski definition) is 5. The average Bonchev–Trinajstić information content (AvgIpc) is 2.95. The second kappa shape index (κ2) is 6.45. The van der Waals surface area contributed by atoms with Crippen LogP contribution in [0.4, 0.5) is 17.5 Å². The van der Waals surface area contributed by atoms with Crippen molar-refractivity contribution in [3.8, 4) is 0 Å². The third kappa shape index (κ3) is 3.74. The number of benzene rings is 1. The van der Waals surface area contributed by atoms with Crippen molar-refractivity contribution in [3.05, 3.63) is 34.4 Å². The van der Waals surface area contributed by atoms with Gasteiger partial charge in [-0.1, -0.05) is 36.0 Å². The quantitative estimate of drug-likeness (QED) is 0.879. The van der Waals surface area contributed by atoms with Gasteiger partial charge in [0.05, 0.1) is 16.9 Å². The highest BCUT2D eigenvalue weighted by atomic mass is 35.5. The van der Waals surface area contributed by atoms with E-state index in [1.807, 2.05) is 0 Å². The van der Waals surface area contributed by atoms with E-state index in [2.05, 4.69) is 25.8 Å². The summed E-state index contributed by atoms with van der Waals surface area (Å²) in [7, 11) is 0. The van der Waals surface area contributed by atoms with Crippen molar-refractivity contribution in [3.63, 3.8) is 0 Å². The van der Waals surface area contributed by atoms with Crippen molar-refractivity contribution in [1.82, 2.24) is 15.2 Å². The highest BCUT2D eigenvalue weighted by Crippen LogP contribution is 2.27. The molecule has 2 aromatic rings. The van der Waals surface area contributed by atoms with Gasteiger partial charge in [-0.3, -0.25) is 0 Å². The highest BCUT2D eigenvalue weighted by molar-refractivity contribution is 6.36. The van der Waals surface area contributed by atoms with Crippen LogP contribution in [0, 0.1) is 0 Å². The Kier molecular flexibility index (Phi) is 4.41. The molecule has 0 atom stereocenters. The van der Waals surface area contributed by atoms with Crippen LogP contribution in [-0.2, 0) is 0 Å². The molecule has 3 rings (SSSR count). The lowest BCUT2D eigenvalue weighted by Gasteiger charge is -2.12. The zero-order chi connectivity index (χ0) is 14.7. The molecule has 2 N–H and O–H groups in total. The minimum absolute atomic E-state index is 0.446. The van der Waals surface area contributed by atoms with Crippen molar-refractivity contribution < 1.29 is 0 Å². The number of halogens is 2. The van der Waals surface area contributed by atoms with Crippen LogP contribution in [0.25, 0.3) is 0 Å². The predicted octanol–water partition coefficient (Wildman–Crippen LogP) is 4.28. The van der Waals surface area contributed by atoms with E-state index >= 15 is 0 Å². The first kappa shape index (κ1) is 14.4. The van der Waals surface area contributed by atoms with E-state index in [9.17, 15) is 0 Å². The van der Waals surface area contributed by atoms with Crippen LogP contribution in [0.15, 0.2) is 24.4 Å². The normalized spacial score (nSPS) is 15.1. The molecule has 0 spiro atoms. The van der Waals surface area contributed by atoms with Gasteiger partial charge >= 0.3 is 0 Å². The van der Waals surface area contributed by atoms with Crippen LogP contribution in [0.3, 0.4) is 0 Å². The Balaban J connectivity index is 1.73. The summed E-state index contributed by atoms with van der Waals surface area (Å²) in [6, 6.07) is 5.69. The lowest BCUT2D eigenvalue weighted by atomic mass is 10.3. The lowest BCUT2D eigenvalue weighted by molar-refractivity contribution is 0.738. The van der Waals surface area contributed by atoms with Crippen LogP contribution >= 0.6 is 23.2 Å². The summed E-state index contributed by atoms with van der Waals surface area (Å²) in [5.74, 6) is 1.13. The molecule has 0 saturated heterocycles. The van der Waals surface area contributed by atoms with E-state index in [4.69, 9.17) is 23.2 Å². The minimum atomic E-state index is 0.446. The number of nitrogens with zero attached hydrogens (tertiary/aromatic N) is 3. The van der Waals surface area contributed by atoms with Crippen molar-refractivity contribution >= 4 is 40.7 Å². The molecule has 0 radical (unpaired) electrons. The summed E-state index contributed by atoms with van der Waals surface area (Å²) in [4.78, 5) is 4.41. The highest BCUT2D eigenvalue weighted by Gasteiger charge is 2.16. The molecule has 1 aliphatic carbocycles. The zero-order valence-electron chi connectivity index (χ0n) is 11.3. The Morgan fingerprint density at radius 1 is 1.14 bits per heavy atom. The maximum atomic E-state index is 6.13. The molecule has 5 nitrogen and oxygen atoms in total. The molecule has 1 fully saturated rings. The van der Waals surface area contributed by atoms with Crippen LogP contribution in [0.1, 0.15) is 25.7 Å². The van der Waals surface area contributed by atoms with Crippen molar-refractivity contribution in [2.75, 3.05) is 10.6 Å². The van der Waals surface area contributed by atoms with E-state index in [1.54, 1.807) is 24.4 Å². The van der Waals surface area contributed by atoms with Crippen LogP contribution < -0.4 is 10.6 Å². The smallest absolute Gasteiger partial charge is 0.244 e. The Labute approximate surface area is 133 Å². The Morgan fingerprint density at radius 3 is 2.71 bits per heavy atom. The molecule has 0 unspecified atom stereocenters. The fourth-order valence-corrected chi connectivity index (χ4v) is 2.86. The molecule has 110 valence electrons. The summed E-state index contributed by atoms with van der Waals surface area (Å²) in [6.45, 7) is 0. The minimum Gasteiger partial charge on any atom is -0.350 e. The first-order valence-corrected chi connectivity index (χ1v) is 7.64. The Morgan fingerprint density at radius 2 is 1.95 bits per heavy atom. The van der Waals surface area contributed by atoms with Gasteiger partial charge in [0.15, 0.2) is 5.82 Å². The third-order valence-electron chi connectivity index (χ3n) is 3.44. The molecule has 0 bridgehead atoms. The summed E-state index contributed by atoms with van der Waals surface area (Å²) >= 11 is 12.0. The van der Waals surface area contributed by atoms with Gasteiger partial charge < -0.3 is 10.6 Å². The van der Waals surface area contributed by atoms with Crippen LogP contribution in [0.5, 0.6) is 0 Å². The summed E-state index contributed by atoms with van der Waals surface area (Å²) in [6.07, 6.45) is 6.38.